The molecule has 31 heavy (non-hydrogen) atoms. The Morgan fingerprint density at radius 1 is 1.03 bits per heavy atom. The molecule has 0 spiro atoms. The van der Waals surface area contributed by atoms with Crippen LogP contribution in [0.3, 0.4) is 0 Å². The van der Waals surface area contributed by atoms with Gasteiger partial charge in [0, 0.05) is 18.8 Å². The van der Waals surface area contributed by atoms with Gasteiger partial charge < -0.3 is 10.0 Å². The Morgan fingerprint density at radius 2 is 1.68 bits per heavy atom. The molecule has 0 bridgehead atoms. The number of alkyl halides is 3. The first-order valence-electron chi connectivity index (χ1n) is 9.76. The Bertz CT molecular complexity index is 1090. The van der Waals surface area contributed by atoms with Gasteiger partial charge in [-0.2, -0.15) is 18.3 Å². The lowest BCUT2D eigenvalue weighted by Gasteiger charge is -2.37. The zero-order valence-corrected chi connectivity index (χ0v) is 16.8. The van der Waals surface area contributed by atoms with Crippen molar-refractivity contribution in [1.82, 2.24) is 19.2 Å². The lowest BCUT2D eigenvalue weighted by molar-refractivity contribution is -0.137. The van der Waals surface area contributed by atoms with Crippen LogP contribution in [0.1, 0.15) is 11.1 Å². The number of β-amino-alcohol motifs (C(OH)–C–C–N with tert-alkyl or cyclic N) is 1. The second-order valence-electron chi connectivity index (χ2n) is 7.56. The van der Waals surface area contributed by atoms with Crippen molar-refractivity contribution in [1.29, 1.82) is 0 Å². The van der Waals surface area contributed by atoms with E-state index in [-0.39, 0.29) is 12.2 Å². The number of nitrogens with zero attached hydrogens (tertiary/aromatic N) is 5. The molecule has 1 aromatic heterocycles. The summed E-state index contributed by atoms with van der Waals surface area (Å²) in [5, 5.41) is 14.1. The van der Waals surface area contributed by atoms with Gasteiger partial charge in [-0.25, -0.2) is 14.0 Å². The molecule has 164 valence electrons. The summed E-state index contributed by atoms with van der Waals surface area (Å²) in [5.74, 6) is 0. The van der Waals surface area contributed by atoms with E-state index in [0.29, 0.717) is 17.8 Å². The molecule has 0 amide bonds. The van der Waals surface area contributed by atoms with E-state index >= 15 is 0 Å². The maximum Gasteiger partial charge on any atom is 0.416 e. The number of benzene rings is 2. The van der Waals surface area contributed by atoms with Crippen molar-refractivity contribution in [3.8, 4) is 5.69 Å². The van der Waals surface area contributed by atoms with E-state index in [1.54, 1.807) is 12.1 Å². The zero-order valence-electron chi connectivity index (χ0n) is 16.8. The molecule has 0 saturated carbocycles. The molecular weight excluding hydrogens is 411 g/mol. The van der Waals surface area contributed by atoms with E-state index in [2.05, 4.69) is 10.00 Å². The van der Waals surface area contributed by atoms with Gasteiger partial charge in [0.2, 0.25) is 0 Å². The van der Waals surface area contributed by atoms with E-state index in [1.165, 1.54) is 27.7 Å². The molecule has 1 atom stereocenters. The van der Waals surface area contributed by atoms with E-state index in [9.17, 15) is 23.1 Å². The molecule has 1 unspecified atom stereocenters. The second kappa shape index (κ2) is 8.20. The standard InChI is InChI=1S/C21H22F3N5O2/c1-26-10-11-27(13-19(26)30)17-6-8-18(9-7-17)28-14-25-29(20(28)31)12-15-2-4-16(5-3-15)21(22,23)24/h2-9,14,19,30H,10-13H2,1H3. The summed E-state index contributed by atoms with van der Waals surface area (Å²) < 4.78 is 40.7. The normalized spacial score (nSPS) is 17.8. The molecule has 3 aromatic rings. The summed E-state index contributed by atoms with van der Waals surface area (Å²) in [6, 6.07) is 12.0. The van der Waals surface area contributed by atoms with Crippen molar-refractivity contribution in [3.05, 3.63) is 76.5 Å². The van der Waals surface area contributed by atoms with Crippen LogP contribution in [0.5, 0.6) is 0 Å². The van der Waals surface area contributed by atoms with Crippen molar-refractivity contribution >= 4 is 5.69 Å². The number of aromatic nitrogens is 3. The quantitative estimate of drug-likeness (QED) is 0.683. The average molecular weight is 433 g/mol. The van der Waals surface area contributed by atoms with Gasteiger partial charge in [-0.05, 0) is 49.0 Å². The SMILES string of the molecule is CN1CCN(c2ccc(-n3cnn(Cc4ccc(C(F)(F)F)cc4)c3=O)cc2)CC1O. The maximum atomic E-state index is 12.7. The highest BCUT2D eigenvalue weighted by atomic mass is 19.4. The van der Waals surface area contributed by atoms with Gasteiger partial charge in [0.05, 0.1) is 24.3 Å². The first kappa shape index (κ1) is 21.1. The Kier molecular flexibility index (Phi) is 5.59. The molecule has 4 rings (SSSR count). The third-order valence-electron chi connectivity index (χ3n) is 5.46. The van der Waals surface area contributed by atoms with E-state index in [4.69, 9.17) is 0 Å². The number of halogens is 3. The number of rotatable bonds is 4. The predicted octanol–water partition coefficient (Wildman–Crippen LogP) is 2.17. The molecule has 1 N–H and O–H groups in total. The third kappa shape index (κ3) is 4.49. The van der Waals surface area contributed by atoms with Crippen molar-refractivity contribution < 1.29 is 18.3 Å². The number of piperazine rings is 1. The molecule has 7 nitrogen and oxygen atoms in total. The summed E-state index contributed by atoms with van der Waals surface area (Å²) in [5.41, 5.74) is 0.997. The van der Waals surface area contributed by atoms with Crippen LogP contribution in [-0.2, 0) is 12.7 Å². The lowest BCUT2D eigenvalue weighted by atomic mass is 10.1. The molecule has 1 aliphatic heterocycles. The summed E-state index contributed by atoms with van der Waals surface area (Å²) >= 11 is 0. The van der Waals surface area contributed by atoms with Crippen LogP contribution >= 0.6 is 0 Å². The van der Waals surface area contributed by atoms with Crippen LogP contribution < -0.4 is 10.6 Å². The van der Waals surface area contributed by atoms with Gasteiger partial charge in [-0.15, -0.1) is 0 Å². The second-order valence-corrected chi connectivity index (χ2v) is 7.56. The largest absolute Gasteiger partial charge is 0.416 e. The van der Waals surface area contributed by atoms with Crippen LogP contribution in [-0.4, -0.2) is 57.3 Å². The minimum atomic E-state index is -4.40. The number of anilines is 1. The highest BCUT2D eigenvalue weighted by Gasteiger charge is 2.30. The van der Waals surface area contributed by atoms with Gasteiger partial charge in [-0.3, -0.25) is 4.90 Å². The minimum absolute atomic E-state index is 0.0707. The number of aliphatic hydroxyl groups excluding tert-OH is 1. The fourth-order valence-electron chi connectivity index (χ4n) is 3.51. The third-order valence-corrected chi connectivity index (χ3v) is 5.46. The Labute approximate surface area is 176 Å². The van der Waals surface area contributed by atoms with Crippen molar-refractivity contribution in [3.63, 3.8) is 0 Å². The van der Waals surface area contributed by atoms with E-state index < -0.39 is 18.0 Å². The van der Waals surface area contributed by atoms with Gasteiger partial charge in [0.15, 0.2) is 0 Å². The van der Waals surface area contributed by atoms with Crippen LogP contribution in [0.4, 0.5) is 18.9 Å². The molecule has 0 aliphatic carbocycles. The van der Waals surface area contributed by atoms with Crippen LogP contribution in [0, 0.1) is 0 Å². The molecule has 10 heteroatoms. The van der Waals surface area contributed by atoms with Gasteiger partial charge in [-0.1, -0.05) is 12.1 Å². The highest BCUT2D eigenvalue weighted by Crippen LogP contribution is 2.29. The maximum absolute atomic E-state index is 12.7. The van der Waals surface area contributed by atoms with E-state index in [1.807, 2.05) is 24.1 Å². The van der Waals surface area contributed by atoms with Gasteiger partial charge in [0.25, 0.3) is 0 Å². The molecule has 0 radical (unpaired) electrons. The molecule has 1 saturated heterocycles. The van der Waals surface area contributed by atoms with Gasteiger partial charge in [0.1, 0.15) is 12.6 Å². The summed E-state index contributed by atoms with van der Waals surface area (Å²) in [6.07, 6.45) is -3.54. The summed E-state index contributed by atoms with van der Waals surface area (Å²) in [6.45, 7) is 2.11. The van der Waals surface area contributed by atoms with Crippen molar-refractivity contribution in [2.24, 2.45) is 0 Å². The molecule has 2 heterocycles. The zero-order chi connectivity index (χ0) is 22.2. The highest BCUT2D eigenvalue weighted by molar-refractivity contribution is 5.51. The minimum Gasteiger partial charge on any atom is -0.377 e. The molecule has 2 aromatic carbocycles. The Balaban J connectivity index is 1.48. The first-order valence-corrected chi connectivity index (χ1v) is 9.76. The first-order chi connectivity index (χ1) is 14.7. The lowest BCUT2D eigenvalue weighted by Crippen LogP contribution is -2.51. The number of hydrogen-bond donors (Lipinski definition) is 1. The van der Waals surface area contributed by atoms with Crippen molar-refractivity contribution in [2.75, 3.05) is 31.6 Å². The summed E-state index contributed by atoms with van der Waals surface area (Å²) in [4.78, 5) is 16.7. The number of hydrogen-bond acceptors (Lipinski definition) is 5. The molecule has 1 aliphatic rings. The fraction of sp³-hybridized carbons (Fsp3) is 0.333. The Hall–Kier alpha value is -3.11. The van der Waals surface area contributed by atoms with Crippen LogP contribution in [0.15, 0.2) is 59.7 Å². The van der Waals surface area contributed by atoms with Crippen LogP contribution in [0.25, 0.3) is 5.69 Å². The Morgan fingerprint density at radius 3 is 2.29 bits per heavy atom. The van der Waals surface area contributed by atoms with Gasteiger partial charge >= 0.3 is 11.9 Å². The topological polar surface area (TPSA) is 66.5 Å². The predicted molar refractivity (Wildman–Crippen MR) is 109 cm³/mol. The smallest absolute Gasteiger partial charge is 0.377 e. The monoisotopic (exact) mass is 433 g/mol. The number of aliphatic hydroxyl groups is 1. The average Bonchev–Trinajstić information content (AvgIpc) is 3.10. The fourth-order valence-corrected chi connectivity index (χ4v) is 3.51. The molecule has 1 fully saturated rings. The van der Waals surface area contributed by atoms with E-state index in [0.717, 1.165) is 30.9 Å². The summed E-state index contributed by atoms with van der Waals surface area (Å²) in [7, 11) is 1.87. The number of likely N-dealkylation sites (N-methyl/N-ethyl adjacent to an activating group) is 1. The molecular formula is C21H22F3N5O2. The van der Waals surface area contributed by atoms with Crippen LogP contribution in [0.2, 0.25) is 0 Å². The van der Waals surface area contributed by atoms with Crippen molar-refractivity contribution in [2.45, 2.75) is 18.9 Å².